The molecule has 4 atom stereocenters. The van der Waals surface area contributed by atoms with E-state index in [2.05, 4.69) is 11.4 Å². The number of rotatable bonds is 6. The van der Waals surface area contributed by atoms with Gasteiger partial charge in [0.05, 0.1) is 17.7 Å². The maximum Gasteiger partial charge on any atom is 0.416 e. The van der Waals surface area contributed by atoms with Crippen LogP contribution in [0.2, 0.25) is 0 Å². The van der Waals surface area contributed by atoms with Gasteiger partial charge in [-0.15, -0.1) is 0 Å². The topological polar surface area (TPSA) is 121 Å². The number of hydrogen-bond acceptors (Lipinski definition) is 6. The predicted molar refractivity (Wildman–Crippen MR) is 152 cm³/mol. The van der Waals surface area contributed by atoms with Crippen LogP contribution in [0.3, 0.4) is 0 Å². The lowest BCUT2D eigenvalue weighted by molar-refractivity contribution is -0.137. The third kappa shape index (κ3) is 5.23. The van der Waals surface area contributed by atoms with Crippen LogP contribution < -0.4 is 10.2 Å². The molecule has 0 unspecified atom stereocenters. The molecule has 2 saturated heterocycles. The molecule has 3 fully saturated rings. The number of fused-ring (bicyclic) bond motifs is 1. The Balaban J connectivity index is 1.46. The minimum absolute atomic E-state index is 0.0369. The zero-order chi connectivity index (χ0) is 31.3. The molecule has 1 saturated carbocycles. The number of nitriles is 1. The van der Waals surface area contributed by atoms with Crippen molar-refractivity contribution in [3.63, 3.8) is 0 Å². The van der Waals surface area contributed by atoms with Crippen molar-refractivity contribution < 1.29 is 32.3 Å². The quantitative estimate of drug-likeness (QED) is 0.516. The van der Waals surface area contributed by atoms with Gasteiger partial charge in [-0.3, -0.25) is 19.3 Å². The van der Waals surface area contributed by atoms with E-state index in [9.17, 15) is 32.8 Å². The van der Waals surface area contributed by atoms with Crippen molar-refractivity contribution in [2.75, 3.05) is 24.7 Å². The third-order valence-corrected chi connectivity index (χ3v) is 9.38. The molecule has 0 spiro atoms. The number of nitrogens with zero attached hydrogens (tertiary/aromatic N) is 5. The predicted octanol–water partition coefficient (Wildman–Crippen LogP) is 4.43. The average molecular weight is 613 g/mol. The summed E-state index contributed by atoms with van der Waals surface area (Å²) in [7, 11) is 0. The number of nitrogens with one attached hydrogen (secondary N) is 1. The molecule has 234 valence electrons. The molecule has 0 bridgehead atoms. The number of ether oxygens (including phenoxy) is 1. The van der Waals surface area contributed by atoms with Gasteiger partial charge in [0.15, 0.2) is 5.69 Å². The fourth-order valence-electron chi connectivity index (χ4n) is 7.01. The van der Waals surface area contributed by atoms with Crippen molar-refractivity contribution in [1.29, 1.82) is 5.26 Å². The van der Waals surface area contributed by atoms with Gasteiger partial charge in [0.2, 0.25) is 0 Å². The standard InChI is InChI=1S/C31H35F3N6O4/c1-3-38-28-24(26(37-40(28)21-11-13-44-14-12-21)30(43)39-17(2)7-10-22(39)16-35)23(18-8-9-18)25(29(38)42)36-27(41)19-5-4-6-20(15-19)31(32,33)34/h4-6,15,17-18,21-23,25H,3,7-14H2,1-2H3,(H,36,41)/t17-,22+,23+,25+/m1/s1. The Hall–Kier alpha value is -3.92. The summed E-state index contributed by atoms with van der Waals surface area (Å²) < 4.78 is 47.6. The van der Waals surface area contributed by atoms with Crippen molar-refractivity contribution in [2.24, 2.45) is 5.92 Å². The van der Waals surface area contributed by atoms with Gasteiger partial charge in [-0.05, 0) is 76.5 Å². The summed E-state index contributed by atoms with van der Waals surface area (Å²) in [6, 6.07) is 4.31. The Labute approximate surface area is 253 Å². The number of carbonyl (C=O) groups excluding carboxylic acids is 3. The fourth-order valence-corrected chi connectivity index (χ4v) is 7.01. The number of alkyl halides is 3. The molecule has 2 aromatic rings. The lowest BCUT2D eigenvalue weighted by atomic mass is 9.82. The number of likely N-dealkylation sites (tertiary alicyclic amines) is 1. The van der Waals surface area contributed by atoms with Crippen molar-refractivity contribution in [1.82, 2.24) is 20.0 Å². The Morgan fingerprint density at radius 3 is 2.50 bits per heavy atom. The van der Waals surface area contributed by atoms with Crippen molar-refractivity contribution >= 4 is 23.5 Å². The van der Waals surface area contributed by atoms with Crippen LogP contribution in [0.4, 0.5) is 19.0 Å². The van der Waals surface area contributed by atoms with Crippen molar-refractivity contribution in [3.05, 3.63) is 46.6 Å². The molecule has 0 radical (unpaired) electrons. The maximum absolute atomic E-state index is 14.3. The zero-order valence-corrected chi connectivity index (χ0v) is 24.6. The van der Waals surface area contributed by atoms with Crippen LogP contribution in [0.5, 0.6) is 0 Å². The third-order valence-electron chi connectivity index (χ3n) is 9.38. The van der Waals surface area contributed by atoms with Crippen molar-refractivity contribution in [2.45, 2.75) is 88.6 Å². The van der Waals surface area contributed by atoms with Crippen molar-refractivity contribution in [3.8, 4) is 6.07 Å². The summed E-state index contributed by atoms with van der Waals surface area (Å²) >= 11 is 0. The van der Waals surface area contributed by atoms with Crippen LogP contribution in [0.25, 0.3) is 0 Å². The highest BCUT2D eigenvalue weighted by molar-refractivity contribution is 6.07. The molecular formula is C31H35F3N6O4. The maximum atomic E-state index is 14.3. The number of amides is 3. The number of benzene rings is 1. The highest BCUT2D eigenvalue weighted by Crippen LogP contribution is 2.52. The molecule has 3 amide bonds. The first-order valence-electron chi connectivity index (χ1n) is 15.3. The van der Waals surface area contributed by atoms with Gasteiger partial charge in [-0.25, -0.2) is 4.68 Å². The van der Waals surface area contributed by atoms with Crippen LogP contribution in [-0.2, 0) is 15.7 Å². The highest BCUT2D eigenvalue weighted by atomic mass is 19.4. The molecule has 3 aliphatic heterocycles. The number of aromatic nitrogens is 2. The van der Waals surface area contributed by atoms with Gasteiger partial charge >= 0.3 is 6.18 Å². The zero-order valence-electron chi connectivity index (χ0n) is 24.6. The molecule has 1 aromatic heterocycles. The molecule has 1 aliphatic carbocycles. The molecule has 10 nitrogen and oxygen atoms in total. The molecule has 44 heavy (non-hydrogen) atoms. The summed E-state index contributed by atoms with van der Waals surface area (Å²) in [5.41, 5.74) is -0.445. The number of carbonyl (C=O) groups is 3. The first-order valence-corrected chi connectivity index (χ1v) is 15.3. The summed E-state index contributed by atoms with van der Waals surface area (Å²) in [5.74, 6) is -1.71. The second-order valence-corrected chi connectivity index (χ2v) is 12.1. The Kier molecular flexibility index (Phi) is 7.90. The molecule has 4 heterocycles. The van der Waals surface area contributed by atoms with E-state index in [1.54, 1.807) is 16.5 Å². The Morgan fingerprint density at radius 2 is 1.86 bits per heavy atom. The molecule has 6 rings (SSSR count). The fraction of sp³-hybridized carbons (Fsp3) is 0.581. The van der Waals surface area contributed by atoms with Gasteiger partial charge < -0.3 is 15.0 Å². The van der Waals surface area contributed by atoms with Gasteiger partial charge in [0, 0.05) is 42.8 Å². The van der Waals surface area contributed by atoms with Crippen LogP contribution >= 0.6 is 0 Å². The molecular weight excluding hydrogens is 577 g/mol. The summed E-state index contributed by atoms with van der Waals surface area (Å²) in [6.45, 7) is 4.92. The minimum Gasteiger partial charge on any atom is -0.381 e. The number of likely N-dealkylation sites (N-methyl/N-ethyl adjacent to an activating group) is 1. The van der Waals surface area contributed by atoms with E-state index in [0.29, 0.717) is 50.3 Å². The molecule has 4 aliphatic rings. The normalized spacial score (nSPS) is 26.0. The van der Waals surface area contributed by atoms with Crippen LogP contribution in [0, 0.1) is 17.2 Å². The van der Waals surface area contributed by atoms with E-state index in [0.717, 1.165) is 31.0 Å². The first-order chi connectivity index (χ1) is 21.0. The van der Waals surface area contributed by atoms with E-state index >= 15 is 0 Å². The SMILES string of the molecule is CCN1C(=O)[C@@H](NC(=O)c2cccc(C(F)(F)F)c2)[C@@H](C2CC2)c2c(C(=O)N3[C@H](C)CC[C@H]3C#N)nn(C3CCOCC3)c21. The van der Waals surface area contributed by atoms with Gasteiger partial charge in [0.25, 0.3) is 17.7 Å². The average Bonchev–Trinajstić information content (AvgIpc) is 3.68. The number of anilines is 1. The lowest BCUT2D eigenvalue weighted by Crippen LogP contribution is -2.56. The minimum atomic E-state index is -4.64. The van der Waals surface area contributed by atoms with Crippen LogP contribution in [0.1, 0.15) is 96.3 Å². The second-order valence-electron chi connectivity index (χ2n) is 12.1. The van der Waals surface area contributed by atoms with Gasteiger partial charge in [0.1, 0.15) is 17.9 Å². The summed E-state index contributed by atoms with van der Waals surface area (Å²) in [5, 5.41) is 17.5. The first kappa shape index (κ1) is 30.1. The summed E-state index contributed by atoms with van der Waals surface area (Å²) in [6.07, 6.45) is -0.617. The lowest BCUT2D eigenvalue weighted by Gasteiger charge is -2.39. The van der Waals surface area contributed by atoms with E-state index < -0.39 is 41.6 Å². The smallest absolute Gasteiger partial charge is 0.381 e. The number of hydrogen-bond donors (Lipinski definition) is 1. The molecule has 1 aromatic carbocycles. The Morgan fingerprint density at radius 1 is 1.14 bits per heavy atom. The number of halogens is 3. The van der Waals surface area contributed by atoms with E-state index in [-0.39, 0.29) is 41.7 Å². The van der Waals surface area contributed by atoms with Crippen LogP contribution in [-0.4, -0.2) is 70.3 Å². The monoisotopic (exact) mass is 612 g/mol. The van der Waals surface area contributed by atoms with Crippen LogP contribution in [0.15, 0.2) is 24.3 Å². The summed E-state index contributed by atoms with van der Waals surface area (Å²) in [4.78, 5) is 45.1. The van der Waals surface area contributed by atoms with Gasteiger partial charge in [-0.2, -0.15) is 23.5 Å². The van der Waals surface area contributed by atoms with E-state index in [1.807, 2.05) is 6.92 Å². The molecule has 1 N–H and O–H groups in total. The van der Waals surface area contributed by atoms with Gasteiger partial charge in [-0.1, -0.05) is 6.07 Å². The van der Waals surface area contributed by atoms with E-state index in [4.69, 9.17) is 9.84 Å². The Bertz CT molecular complexity index is 1510. The largest absolute Gasteiger partial charge is 0.416 e. The van der Waals surface area contributed by atoms with E-state index in [1.165, 1.54) is 11.0 Å². The molecule has 13 heteroatoms. The second kappa shape index (κ2) is 11.5. The highest BCUT2D eigenvalue weighted by Gasteiger charge is 2.53.